The number of aromatic hydroxyl groups is 1. The van der Waals surface area contributed by atoms with Crippen molar-refractivity contribution in [3.63, 3.8) is 0 Å². The summed E-state index contributed by atoms with van der Waals surface area (Å²) in [7, 11) is 0. The van der Waals surface area contributed by atoms with Crippen molar-refractivity contribution in [1.82, 2.24) is 20.0 Å². The Labute approximate surface area is 243 Å². The van der Waals surface area contributed by atoms with Crippen molar-refractivity contribution in [1.29, 1.82) is 0 Å². The molecule has 0 radical (unpaired) electrons. The van der Waals surface area contributed by atoms with Crippen LogP contribution in [-0.2, 0) is 6.54 Å². The standard InChI is InChI=1S/C31H45FN8O/c32-26-19-24(5-6-28(26)39-11-7-23(8-12-39)21-37-13-9-36-10-14-37)22-38-15-17-40(18-16-38)29(31(34)35)20-27(33)25-3-1-2-4-30(25)41/h1-6,19-20,23,36,41H,7-18,21-22,33-35H2/b27-20-. The van der Waals surface area contributed by atoms with E-state index in [1.165, 1.54) is 6.54 Å². The van der Waals surface area contributed by atoms with Crippen LogP contribution in [0.15, 0.2) is 60.1 Å². The van der Waals surface area contributed by atoms with Crippen LogP contribution in [-0.4, -0.2) is 91.8 Å². The fraction of sp³-hybridized carbons (Fsp3) is 0.484. The first-order valence-corrected chi connectivity index (χ1v) is 14.8. The molecule has 0 atom stereocenters. The molecular weight excluding hydrogens is 519 g/mol. The molecule has 2 aromatic rings. The highest BCUT2D eigenvalue weighted by molar-refractivity contribution is 5.69. The lowest BCUT2D eigenvalue weighted by Crippen LogP contribution is -2.47. The maximum atomic E-state index is 15.3. The van der Waals surface area contributed by atoms with E-state index in [0.717, 1.165) is 76.5 Å². The number of anilines is 1. The Balaban J connectivity index is 1.12. The molecule has 222 valence electrons. The molecule has 3 heterocycles. The van der Waals surface area contributed by atoms with Gasteiger partial charge in [0.05, 0.1) is 11.4 Å². The van der Waals surface area contributed by atoms with Gasteiger partial charge in [0.1, 0.15) is 17.4 Å². The normalized spacial score (nSPS) is 19.9. The number of nitrogens with one attached hydrogen (secondary N) is 1. The van der Waals surface area contributed by atoms with Crippen LogP contribution in [0.25, 0.3) is 5.70 Å². The molecule has 0 unspecified atom stereocenters. The van der Waals surface area contributed by atoms with Gasteiger partial charge in [-0.1, -0.05) is 18.2 Å². The summed E-state index contributed by atoms with van der Waals surface area (Å²) < 4.78 is 15.3. The molecule has 8 N–H and O–H groups in total. The Morgan fingerprint density at radius 1 is 0.902 bits per heavy atom. The third-order valence-electron chi connectivity index (χ3n) is 8.62. The molecule has 0 spiro atoms. The van der Waals surface area contributed by atoms with Gasteiger partial charge in [-0.05, 0) is 54.7 Å². The fourth-order valence-electron chi connectivity index (χ4n) is 6.23. The second-order valence-electron chi connectivity index (χ2n) is 11.5. The number of benzene rings is 2. The molecule has 0 amide bonds. The Hall–Kier alpha value is -3.47. The van der Waals surface area contributed by atoms with Crippen molar-refractivity contribution in [2.75, 3.05) is 76.9 Å². The Morgan fingerprint density at radius 2 is 1.61 bits per heavy atom. The number of piperazine rings is 2. The highest BCUT2D eigenvalue weighted by Gasteiger charge is 2.25. The zero-order valence-corrected chi connectivity index (χ0v) is 23.9. The summed E-state index contributed by atoms with van der Waals surface area (Å²) >= 11 is 0. The maximum absolute atomic E-state index is 15.3. The Kier molecular flexibility index (Phi) is 9.53. The van der Waals surface area contributed by atoms with Gasteiger partial charge in [0.25, 0.3) is 0 Å². The second-order valence-corrected chi connectivity index (χ2v) is 11.5. The number of hydrogen-bond donors (Lipinski definition) is 5. The molecule has 0 saturated carbocycles. The van der Waals surface area contributed by atoms with Gasteiger partial charge < -0.3 is 42.3 Å². The summed E-state index contributed by atoms with van der Waals surface area (Å²) in [6.45, 7) is 11.1. The van der Waals surface area contributed by atoms with E-state index < -0.39 is 0 Å². The lowest BCUT2D eigenvalue weighted by Gasteiger charge is -2.38. The maximum Gasteiger partial charge on any atom is 0.146 e. The molecule has 0 bridgehead atoms. The highest BCUT2D eigenvalue weighted by Crippen LogP contribution is 2.28. The molecular formula is C31H45FN8O. The molecule has 0 aliphatic carbocycles. The van der Waals surface area contributed by atoms with E-state index in [4.69, 9.17) is 17.2 Å². The van der Waals surface area contributed by atoms with Crippen molar-refractivity contribution >= 4 is 11.4 Å². The van der Waals surface area contributed by atoms with Crippen LogP contribution in [0.1, 0.15) is 24.0 Å². The predicted molar refractivity (Wildman–Crippen MR) is 163 cm³/mol. The van der Waals surface area contributed by atoms with Crippen molar-refractivity contribution in [2.45, 2.75) is 19.4 Å². The third-order valence-corrected chi connectivity index (χ3v) is 8.62. The second kappa shape index (κ2) is 13.5. The van der Waals surface area contributed by atoms with Crippen molar-refractivity contribution in [3.05, 3.63) is 77.0 Å². The average molecular weight is 565 g/mol. The zero-order chi connectivity index (χ0) is 28.8. The minimum absolute atomic E-state index is 0.106. The van der Waals surface area contributed by atoms with Gasteiger partial charge in [0.2, 0.25) is 0 Å². The topological polar surface area (TPSA) is 123 Å². The molecule has 3 saturated heterocycles. The minimum Gasteiger partial charge on any atom is -0.507 e. The van der Waals surface area contributed by atoms with Gasteiger partial charge in [0.15, 0.2) is 0 Å². The molecule has 3 fully saturated rings. The molecule has 41 heavy (non-hydrogen) atoms. The predicted octanol–water partition coefficient (Wildman–Crippen LogP) is 1.86. The number of piperidine rings is 1. The van der Waals surface area contributed by atoms with Crippen molar-refractivity contribution < 1.29 is 9.50 Å². The first-order valence-electron chi connectivity index (χ1n) is 14.8. The van der Waals surface area contributed by atoms with Crippen LogP contribution >= 0.6 is 0 Å². The van der Waals surface area contributed by atoms with Crippen LogP contribution < -0.4 is 27.4 Å². The molecule has 3 aliphatic rings. The first kappa shape index (κ1) is 29.0. The Morgan fingerprint density at radius 3 is 2.27 bits per heavy atom. The summed E-state index contributed by atoms with van der Waals surface area (Å²) in [5.41, 5.74) is 21.6. The number of halogens is 1. The number of para-hydroxylation sites is 1. The van der Waals surface area contributed by atoms with Gasteiger partial charge in [-0.25, -0.2) is 4.39 Å². The summed E-state index contributed by atoms with van der Waals surface area (Å²) in [4.78, 5) is 9.20. The van der Waals surface area contributed by atoms with Gasteiger partial charge in [-0.2, -0.15) is 0 Å². The first-order chi connectivity index (χ1) is 19.9. The van der Waals surface area contributed by atoms with E-state index in [1.807, 2.05) is 12.1 Å². The smallest absolute Gasteiger partial charge is 0.146 e. The van der Waals surface area contributed by atoms with Gasteiger partial charge in [0, 0.05) is 89.8 Å². The van der Waals surface area contributed by atoms with Crippen LogP contribution in [0.5, 0.6) is 5.75 Å². The van der Waals surface area contributed by atoms with Crippen molar-refractivity contribution in [3.8, 4) is 5.75 Å². The van der Waals surface area contributed by atoms with Gasteiger partial charge in [-0.3, -0.25) is 4.90 Å². The van der Waals surface area contributed by atoms with E-state index >= 15 is 4.39 Å². The van der Waals surface area contributed by atoms with Gasteiger partial charge >= 0.3 is 0 Å². The van der Waals surface area contributed by atoms with Crippen LogP contribution in [0.2, 0.25) is 0 Å². The zero-order valence-electron chi connectivity index (χ0n) is 23.9. The lowest BCUT2D eigenvalue weighted by molar-refractivity contribution is 0.154. The Bertz CT molecular complexity index is 1220. The van der Waals surface area contributed by atoms with Crippen LogP contribution in [0.3, 0.4) is 0 Å². The van der Waals surface area contributed by atoms with Crippen molar-refractivity contribution in [2.24, 2.45) is 23.1 Å². The van der Waals surface area contributed by atoms with Crippen LogP contribution in [0, 0.1) is 11.7 Å². The van der Waals surface area contributed by atoms with Gasteiger partial charge in [-0.15, -0.1) is 0 Å². The van der Waals surface area contributed by atoms with E-state index in [2.05, 4.69) is 31.0 Å². The summed E-state index contributed by atoms with van der Waals surface area (Å²) in [5, 5.41) is 13.6. The van der Waals surface area contributed by atoms with E-state index in [0.29, 0.717) is 42.5 Å². The largest absolute Gasteiger partial charge is 0.507 e. The summed E-state index contributed by atoms with van der Waals surface area (Å²) in [6.07, 6.45) is 3.96. The number of hydrogen-bond acceptors (Lipinski definition) is 9. The number of nitrogens with zero attached hydrogens (tertiary/aromatic N) is 4. The molecule has 10 heteroatoms. The van der Waals surface area contributed by atoms with E-state index in [-0.39, 0.29) is 17.4 Å². The fourth-order valence-corrected chi connectivity index (χ4v) is 6.23. The lowest BCUT2D eigenvalue weighted by atomic mass is 9.95. The molecule has 0 aromatic heterocycles. The number of nitrogens with two attached hydrogens (primary N) is 3. The number of phenols is 1. The number of allylic oxidation sites excluding steroid dienone is 1. The van der Waals surface area contributed by atoms with Crippen LogP contribution in [0.4, 0.5) is 10.1 Å². The third kappa shape index (κ3) is 7.44. The highest BCUT2D eigenvalue weighted by atomic mass is 19.1. The summed E-state index contributed by atoms with van der Waals surface area (Å²) in [5.74, 6) is 0.859. The average Bonchev–Trinajstić information content (AvgIpc) is 2.98. The van der Waals surface area contributed by atoms with E-state index in [9.17, 15) is 5.11 Å². The molecule has 2 aromatic carbocycles. The minimum atomic E-state index is -0.132. The number of rotatable bonds is 8. The summed E-state index contributed by atoms with van der Waals surface area (Å²) in [6, 6.07) is 12.6. The quantitative estimate of drug-likeness (QED) is 0.306. The molecule has 5 rings (SSSR count). The monoisotopic (exact) mass is 564 g/mol. The SMILES string of the molecule is NC(N)=C(/C=C(\N)c1ccccc1O)N1CCN(Cc2ccc(N3CCC(CN4CCNCC4)CC3)c(F)c2)CC1. The number of phenolic OH excluding ortho intramolecular Hbond substituents is 1. The molecule has 9 nitrogen and oxygen atoms in total. The molecule has 3 aliphatic heterocycles. The van der Waals surface area contributed by atoms with E-state index in [1.54, 1.807) is 30.3 Å².